The molecular formula is C11H20N4O3. The molecule has 2 fully saturated rings. The summed E-state index contributed by atoms with van der Waals surface area (Å²) >= 11 is 0. The fourth-order valence-corrected chi connectivity index (χ4v) is 2.43. The average molecular weight is 256 g/mol. The lowest BCUT2D eigenvalue weighted by molar-refractivity contribution is 0.0495. The second-order valence-corrected chi connectivity index (χ2v) is 4.67. The molecule has 2 aliphatic rings. The standard InChI is InChI=1S/C11H20N4O3/c12-10(16)18-9-2-1-5-15(8-9)11(17)14-6-3-13-4-7-14/h9,13H,1-8H2,(H2,12,16). The van der Waals surface area contributed by atoms with Crippen LogP contribution in [-0.2, 0) is 4.74 Å². The number of nitrogens with zero attached hydrogens (tertiary/aromatic N) is 2. The topological polar surface area (TPSA) is 87.9 Å². The lowest BCUT2D eigenvalue weighted by Gasteiger charge is -2.37. The predicted octanol–water partition coefficient (Wildman–Crippen LogP) is -0.429. The van der Waals surface area contributed by atoms with Crippen molar-refractivity contribution >= 4 is 12.1 Å². The monoisotopic (exact) mass is 256 g/mol. The van der Waals surface area contributed by atoms with Crippen LogP contribution in [0.1, 0.15) is 12.8 Å². The minimum absolute atomic E-state index is 0.0364. The van der Waals surface area contributed by atoms with Gasteiger partial charge in [-0.3, -0.25) is 0 Å². The Hall–Kier alpha value is -1.50. The van der Waals surface area contributed by atoms with Gasteiger partial charge in [-0.1, -0.05) is 0 Å². The van der Waals surface area contributed by atoms with Gasteiger partial charge in [-0.2, -0.15) is 0 Å². The summed E-state index contributed by atoms with van der Waals surface area (Å²) in [5.41, 5.74) is 5.00. The molecule has 1 unspecified atom stereocenters. The Kier molecular flexibility index (Phi) is 4.24. The zero-order chi connectivity index (χ0) is 13.0. The second kappa shape index (κ2) is 5.90. The molecular weight excluding hydrogens is 236 g/mol. The lowest BCUT2D eigenvalue weighted by atomic mass is 10.1. The number of piperazine rings is 1. The van der Waals surface area contributed by atoms with Crippen molar-refractivity contribution < 1.29 is 14.3 Å². The van der Waals surface area contributed by atoms with Crippen LogP contribution in [0, 0.1) is 0 Å². The molecule has 0 radical (unpaired) electrons. The van der Waals surface area contributed by atoms with Crippen LogP contribution in [0.15, 0.2) is 0 Å². The van der Waals surface area contributed by atoms with Gasteiger partial charge < -0.3 is 25.6 Å². The molecule has 3 amide bonds. The number of amides is 3. The van der Waals surface area contributed by atoms with Gasteiger partial charge in [0.15, 0.2) is 0 Å². The van der Waals surface area contributed by atoms with Crippen LogP contribution in [0.2, 0.25) is 0 Å². The summed E-state index contributed by atoms with van der Waals surface area (Å²) in [6.07, 6.45) is 0.587. The summed E-state index contributed by atoms with van der Waals surface area (Å²) in [7, 11) is 0. The van der Waals surface area contributed by atoms with Gasteiger partial charge in [0.25, 0.3) is 0 Å². The van der Waals surface area contributed by atoms with Gasteiger partial charge in [0.05, 0.1) is 6.54 Å². The van der Waals surface area contributed by atoms with Crippen molar-refractivity contribution in [3.8, 4) is 0 Å². The van der Waals surface area contributed by atoms with E-state index in [-0.39, 0.29) is 12.1 Å². The van der Waals surface area contributed by atoms with Crippen molar-refractivity contribution in [2.24, 2.45) is 5.73 Å². The Morgan fingerprint density at radius 3 is 2.56 bits per heavy atom. The summed E-state index contributed by atoms with van der Waals surface area (Å²) in [5.74, 6) is 0. The normalized spacial score (nSPS) is 24.8. The van der Waals surface area contributed by atoms with Crippen LogP contribution in [0.5, 0.6) is 0 Å². The number of hydrogen-bond acceptors (Lipinski definition) is 4. The summed E-state index contributed by atoms with van der Waals surface area (Å²) < 4.78 is 4.97. The highest BCUT2D eigenvalue weighted by Gasteiger charge is 2.29. The van der Waals surface area contributed by atoms with Crippen LogP contribution in [-0.4, -0.2) is 67.3 Å². The highest BCUT2D eigenvalue weighted by molar-refractivity contribution is 5.75. The van der Waals surface area contributed by atoms with Gasteiger partial charge in [-0.05, 0) is 12.8 Å². The van der Waals surface area contributed by atoms with E-state index >= 15 is 0 Å². The average Bonchev–Trinajstić information content (AvgIpc) is 2.38. The Balaban J connectivity index is 1.87. The fourth-order valence-electron chi connectivity index (χ4n) is 2.43. The third kappa shape index (κ3) is 3.25. The van der Waals surface area contributed by atoms with Crippen molar-refractivity contribution in [2.45, 2.75) is 18.9 Å². The SMILES string of the molecule is NC(=O)OC1CCCN(C(=O)N2CCNCC2)C1. The van der Waals surface area contributed by atoms with E-state index in [1.54, 1.807) is 4.90 Å². The summed E-state index contributed by atoms with van der Waals surface area (Å²) in [5, 5.41) is 3.21. The van der Waals surface area contributed by atoms with Gasteiger partial charge in [0.2, 0.25) is 0 Å². The molecule has 18 heavy (non-hydrogen) atoms. The number of primary amides is 1. The Labute approximate surface area is 106 Å². The number of carbonyl (C=O) groups is 2. The van der Waals surface area contributed by atoms with Crippen molar-refractivity contribution in [3.63, 3.8) is 0 Å². The third-order valence-corrected chi connectivity index (χ3v) is 3.32. The molecule has 0 aromatic carbocycles. The molecule has 7 heteroatoms. The largest absolute Gasteiger partial charge is 0.445 e. The molecule has 102 valence electrons. The number of piperidine rings is 1. The van der Waals surface area contributed by atoms with Gasteiger partial charge in [-0.25, -0.2) is 9.59 Å². The molecule has 2 rings (SSSR count). The molecule has 0 aromatic heterocycles. The van der Waals surface area contributed by atoms with E-state index in [4.69, 9.17) is 10.5 Å². The molecule has 2 heterocycles. The molecule has 1 atom stereocenters. The van der Waals surface area contributed by atoms with Crippen LogP contribution in [0.25, 0.3) is 0 Å². The van der Waals surface area contributed by atoms with Crippen molar-refractivity contribution in [2.75, 3.05) is 39.3 Å². The fraction of sp³-hybridized carbons (Fsp3) is 0.818. The zero-order valence-electron chi connectivity index (χ0n) is 10.4. The number of carbonyl (C=O) groups excluding carboxylic acids is 2. The van der Waals surface area contributed by atoms with Gasteiger partial charge in [-0.15, -0.1) is 0 Å². The quantitative estimate of drug-likeness (QED) is 0.666. The molecule has 2 saturated heterocycles. The molecule has 2 aliphatic heterocycles. The molecule has 7 nitrogen and oxygen atoms in total. The van der Waals surface area contributed by atoms with Crippen molar-refractivity contribution in [1.29, 1.82) is 0 Å². The third-order valence-electron chi connectivity index (χ3n) is 3.32. The number of urea groups is 1. The first-order valence-electron chi connectivity index (χ1n) is 6.37. The smallest absolute Gasteiger partial charge is 0.404 e. The molecule has 0 aliphatic carbocycles. The van der Waals surface area contributed by atoms with E-state index in [1.807, 2.05) is 4.90 Å². The van der Waals surface area contributed by atoms with E-state index in [1.165, 1.54) is 0 Å². The minimum Gasteiger partial charge on any atom is -0.445 e. The number of rotatable bonds is 1. The van der Waals surface area contributed by atoms with Crippen molar-refractivity contribution in [1.82, 2.24) is 15.1 Å². The number of ether oxygens (including phenoxy) is 1. The lowest BCUT2D eigenvalue weighted by Crippen LogP contribution is -2.54. The molecule has 3 N–H and O–H groups in total. The number of nitrogens with two attached hydrogens (primary N) is 1. The summed E-state index contributed by atoms with van der Waals surface area (Å²) in [4.78, 5) is 26.5. The first-order chi connectivity index (χ1) is 8.66. The Morgan fingerprint density at radius 2 is 1.89 bits per heavy atom. The predicted molar refractivity (Wildman–Crippen MR) is 65.1 cm³/mol. The van der Waals surface area contributed by atoms with E-state index in [0.717, 1.165) is 45.6 Å². The summed E-state index contributed by atoms with van der Waals surface area (Å²) in [6, 6.07) is 0.0364. The molecule has 0 aromatic rings. The maximum absolute atomic E-state index is 12.2. The van der Waals surface area contributed by atoms with Crippen LogP contribution in [0.4, 0.5) is 9.59 Å². The minimum atomic E-state index is -0.767. The maximum Gasteiger partial charge on any atom is 0.404 e. The van der Waals surface area contributed by atoms with Crippen LogP contribution >= 0.6 is 0 Å². The van der Waals surface area contributed by atoms with Gasteiger partial charge >= 0.3 is 12.1 Å². The summed E-state index contributed by atoms with van der Waals surface area (Å²) in [6.45, 7) is 4.31. The van der Waals surface area contributed by atoms with Gasteiger partial charge in [0.1, 0.15) is 6.10 Å². The first-order valence-corrected chi connectivity index (χ1v) is 6.37. The zero-order valence-corrected chi connectivity index (χ0v) is 10.4. The van der Waals surface area contributed by atoms with E-state index in [2.05, 4.69) is 5.32 Å². The number of nitrogens with one attached hydrogen (secondary N) is 1. The Morgan fingerprint density at radius 1 is 1.17 bits per heavy atom. The highest BCUT2D eigenvalue weighted by atomic mass is 16.6. The van der Waals surface area contributed by atoms with Crippen LogP contribution < -0.4 is 11.1 Å². The van der Waals surface area contributed by atoms with Gasteiger partial charge in [0, 0.05) is 32.7 Å². The maximum atomic E-state index is 12.2. The molecule has 0 bridgehead atoms. The molecule has 0 saturated carbocycles. The van der Waals surface area contributed by atoms with Crippen LogP contribution in [0.3, 0.4) is 0 Å². The highest BCUT2D eigenvalue weighted by Crippen LogP contribution is 2.15. The van der Waals surface area contributed by atoms with Crippen molar-refractivity contribution in [3.05, 3.63) is 0 Å². The molecule has 0 spiro atoms. The van der Waals surface area contributed by atoms with E-state index in [0.29, 0.717) is 6.54 Å². The Bertz CT molecular complexity index is 317. The van der Waals surface area contributed by atoms with E-state index in [9.17, 15) is 9.59 Å². The second-order valence-electron chi connectivity index (χ2n) is 4.67. The first kappa shape index (κ1) is 12.9. The van der Waals surface area contributed by atoms with E-state index < -0.39 is 6.09 Å². The number of hydrogen-bond donors (Lipinski definition) is 2. The number of likely N-dealkylation sites (tertiary alicyclic amines) is 1.